The fraction of sp³-hybridized carbons (Fsp3) is 0.643. The molecule has 5 nitrogen and oxygen atoms in total. The maximum atomic E-state index is 4.53. The average molecular weight is 261 g/mol. The molecule has 0 atom stereocenters. The number of hydrogen-bond donors (Lipinski definition) is 0. The summed E-state index contributed by atoms with van der Waals surface area (Å²) in [6.45, 7) is 7.67. The quantitative estimate of drug-likeness (QED) is 0.801. The molecule has 0 aliphatic rings. The Balaban J connectivity index is 2.31. The third-order valence-electron chi connectivity index (χ3n) is 3.23. The van der Waals surface area contributed by atoms with Crippen LogP contribution in [0.2, 0.25) is 0 Å². The van der Waals surface area contributed by atoms with Crippen molar-refractivity contribution in [3.63, 3.8) is 0 Å². The van der Waals surface area contributed by atoms with Crippen molar-refractivity contribution in [2.75, 3.05) is 18.5 Å². The fourth-order valence-electron chi connectivity index (χ4n) is 2.07. The molecule has 2 aromatic heterocycles. The first-order valence-electron chi connectivity index (χ1n) is 7.02. The van der Waals surface area contributed by atoms with Crippen molar-refractivity contribution in [1.29, 1.82) is 0 Å². The second-order valence-corrected chi connectivity index (χ2v) is 5.43. The first-order valence-corrected chi connectivity index (χ1v) is 7.02. The van der Waals surface area contributed by atoms with Gasteiger partial charge in [0.15, 0.2) is 0 Å². The van der Waals surface area contributed by atoms with Crippen molar-refractivity contribution in [2.24, 2.45) is 5.92 Å². The molecule has 0 unspecified atom stereocenters. The van der Waals surface area contributed by atoms with Crippen LogP contribution in [0.1, 0.15) is 39.3 Å². The predicted octanol–water partition coefficient (Wildman–Crippen LogP) is 2.56. The smallest absolute Gasteiger partial charge is 0.254 e. The van der Waals surface area contributed by atoms with E-state index in [-0.39, 0.29) is 0 Å². The number of fused-ring (bicyclic) bond motifs is 1. The first-order chi connectivity index (χ1) is 9.11. The second kappa shape index (κ2) is 5.99. The average Bonchev–Trinajstić information content (AvgIpc) is 2.83. The largest absolute Gasteiger partial charge is 0.359 e. The number of anilines is 1. The van der Waals surface area contributed by atoms with Crippen molar-refractivity contribution in [2.45, 2.75) is 40.0 Å². The molecule has 5 heteroatoms. The molecule has 0 aromatic carbocycles. The van der Waals surface area contributed by atoms with E-state index < -0.39 is 0 Å². The van der Waals surface area contributed by atoms with Gasteiger partial charge in [0.1, 0.15) is 12.1 Å². The van der Waals surface area contributed by atoms with E-state index in [0.29, 0.717) is 11.7 Å². The number of hydrogen-bond acceptors (Lipinski definition) is 4. The molecule has 0 aliphatic carbocycles. The zero-order chi connectivity index (χ0) is 13.8. The van der Waals surface area contributed by atoms with Gasteiger partial charge in [-0.25, -0.2) is 4.98 Å². The number of aryl methyl sites for hydroxylation is 1. The normalized spacial score (nSPS) is 11.4. The highest BCUT2D eigenvalue weighted by molar-refractivity contribution is 5.46. The summed E-state index contributed by atoms with van der Waals surface area (Å²) in [6.07, 6.45) is 4.80. The van der Waals surface area contributed by atoms with Gasteiger partial charge in [-0.3, -0.25) is 0 Å². The lowest BCUT2D eigenvalue weighted by Crippen LogP contribution is -2.23. The molecule has 0 fully saturated rings. The van der Waals surface area contributed by atoms with Gasteiger partial charge in [-0.05, 0) is 18.8 Å². The van der Waals surface area contributed by atoms with Crippen LogP contribution < -0.4 is 4.90 Å². The predicted molar refractivity (Wildman–Crippen MR) is 77.5 cm³/mol. The third kappa shape index (κ3) is 3.22. The summed E-state index contributed by atoms with van der Waals surface area (Å²) in [5.41, 5.74) is 1.09. The molecule has 2 rings (SSSR count). The minimum absolute atomic E-state index is 0.692. The molecule has 0 N–H and O–H groups in total. The van der Waals surface area contributed by atoms with Gasteiger partial charge in [-0.1, -0.05) is 27.2 Å². The van der Waals surface area contributed by atoms with Crippen molar-refractivity contribution in [1.82, 2.24) is 19.6 Å². The molecule has 0 radical (unpaired) electrons. The Morgan fingerprint density at radius 2 is 2.16 bits per heavy atom. The van der Waals surface area contributed by atoms with Crippen LogP contribution in [-0.2, 0) is 6.42 Å². The van der Waals surface area contributed by atoms with Crippen LogP contribution in [0.4, 0.5) is 5.82 Å². The Kier molecular flexibility index (Phi) is 4.35. The van der Waals surface area contributed by atoms with Gasteiger partial charge in [0.25, 0.3) is 5.78 Å². The molecule has 0 spiro atoms. The van der Waals surface area contributed by atoms with Gasteiger partial charge in [-0.2, -0.15) is 14.6 Å². The van der Waals surface area contributed by atoms with Crippen molar-refractivity contribution in [3.05, 3.63) is 18.1 Å². The molecule has 0 saturated carbocycles. The summed E-state index contributed by atoms with van der Waals surface area (Å²) in [6, 6.07) is 2.13. The van der Waals surface area contributed by atoms with Crippen molar-refractivity contribution < 1.29 is 0 Å². The van der Waals surface area contributed by atoms with E-state index in [2.05, 4.69) is 53.9 Å². The summed E-state index contributed by atoms with van der Waals surface area (Å²) in [5.74, 6) is 2.47. The number of aromatic nitrogens is 4. The van der Waals surface area contributed by atoms with Crippen LogP contribution in [0.15, 0.2) is 12.4 Å². The molecular formula is C14H23N5. The Morgan fingerprint density at radius 1 is 1.37 bits per heavy atom. The monoisotopic (exact) mass is 261 g/mol. The van der Waals surface area contributed by atoms with E-state index in [1.807, 2.05) is 4.52 Å². The van der Waals surface area contributed by atoms with Crippen molar-refractivity contribution in [3.8, 4) is 0 Å². The van der Waals surface area contributed by atoms with Gasteiger partial charge in [-0.15, -0.1) is 0 Å². The van der Waals surface area contributed by atoms with Crippen LogP contribution in [0.25, 0.3) is 5.78 Å². The van der Waals surface area contributed by atoms with Gasteiger partial charge >= 0.3 is 0 Å². The van der Waals surface area contributed by atoms with Crippen LogP contribution in [0.5, 0.6) is 0 Å². The molecule has 2 heterocycles. The zero-order valence-corrected chi connectivity index (χ0v) is 12.3. The molecule has 0 amide bonds. The van der Waals surface area contributed by atoms with Gasteiger partial charge in [0.05, 0.1) is 0 Å². The lowest BCUT2D eigenvalue weighted by atomic mass is 10.1. The Labute approximate surface area is 114 Å². The topological polar surface area (TPSA) is 46.3 Å². The third-order valence-corrected chi connectivity index (χ3v) is 3.23. The lowest BCUT2D eigenvalue weighted by molar-refractivity contribution is 0.581. The molecule has 19 heavy (non-hydrogen) atoms. The van der Waals surface area contributed by atoms with E-state index in [0.717, 1.165) is 37.3 Å². The molecule has 0 saturated heterocycles. The van der Waals surface area contributed by atoms with Crippen LogP contribution >= 0.6 is 0 Å². The summed E-state index contributed by atoms with van der Waals surface area (Å²) >= 11 is 0. The Hall–Kier alpha value is -1.65. The molecule has 2 aromatic rings. The number of nitrogens with zero attached hydrogens (tertiary/aromatic N) is 5. The SMILES string of the molecule is CCCc1cc(N(C)CCC(C)C)n2ncnc2n1. The maximum absolute atomic E-state index is 4.53. The van der Waals surface area contributed by atoms with E-state index in [1.54, 1.807) is 6.33 Å². The highest BCUT2D eigenvalue weighted by Gasteiger charge is 2.11. The Bertz CT molecular complexity index is 532. The maximum Gasteiger partial charge on any atom is 0.254 e. The summed E-state index contributed by atoms with van der Waals surface area (Å²) in [4.78, 5) is 11.0. The van der Waals surface area contributed by atoms with Crippen molar-refractivity contribution >= 4 is 11.6 Å². The van der Waals surface area contributed by atoms with E-state index in [9.17, 15) is 0 Å². The second-order valence-electron chi connectivity index (χ2n) is 5.43. The van der Waals surface area contributed by atoms with Gasteiger partial charge in [0.2, 0.25) is 0 Å². The van der Waals surface area contributed by atoms with Crippen LogP contribution in [-0.4, -0.2) is 33.2 Å². The minimum Gasteiger partial charge on any atom is -0.359 e. The Morgan fingerprint density at radius 3 is 2.84 bits per heavy atom. The lowest BCUT2D eigenvalue weighted by Gasteiger charge is -2.21. The minimum atomic E-state index is 0.692. The first kappa shape index (κ1) is 13.8. The molecule has 104 valence electrons. The molecule has 0 bridgehead atoms. The van der Waals surface area contributed by atoms with E-state index in [4.69, 9.17) is 0 Å². The summed E-state index contributed by atoms with van der Waals surface area (Å²) < 4.78 is 1.82. The number of rotatable bonds is 6. The van der Waals surface area contributed by atoms with Gasteiger partial charge in [0, 0.05) is 25.4 Å². The molecule has 0 aliphatic heterocycles. The van der Waals surface area contributed by atoms with E-state index in [1.165, 1.54) is 0 Å². The summed E-state index contributed by atoms with van der Waals surface area (Å²) in [7, 11) is 2.11. The standard InChI is InChI=1S/C14H23N5/c1-5-6-12-9-13(18(4)8-7-11(2)3)19-14(17-12)15-10-16-19/h9-11H,5-8H2,1-4H3. The zero-order valence-electron chi connectivity index (χ0n) is 12.3. The fourth-order valence-corrected chi connectivity index (χ4v) is 2.07. The highest BCUT2D eigenvalue weighted by atomic mass is 15.4. The van der Waals surface area contributed by atoms with Crippen LogP contribution in [0, 0.1) is 5.92 Å². The summed E-state index contributed by atoms with van der Waals surface area (Å²) in [5, 5.41) is 4.27. The van der Waals surface area contributed by atoms with Crippen LogP contribution in [0.3, 0.4) is 0 Å². The van der Waals surface area contributed by atoms with Gasteiger partial charge < -0.3 is 4.90 Å². The van der Waals surface area contributed by atoms with E-state index >= 15 is 0 Å². The highest BCUT2D eigenvalue weighted by Crippen LogP contribution is 2.17. The molecular weight excluding hydrogens is 238 g/mol.